The molecule has 5 aromatic carbocycles. The van der Waals surface area contributed by atoms with Gasteiger partial charge in [0, 0.05) is 48.1 Å². The van der Waals surface area contributed by atoms with E-state index >= 15 is 4.79 Å². The molecule has 2 N–H and O–H groups in total. The van der Waals surface area contributed by atoms with Gasteiger partial charge < -0.3 is 43.6 Å². The Morgan fingerprint density at radius 3 is 2.37 bits per heavy atom. The summed E-state index contributed by atoms with van der Waals surface area (Å²) in [6, 6.07) is 37.5. The average Bonchev–Trinajstić information content (AvgIpc) is 3.87. The molecule has 4 aliphatic rings. The van der Waals surface area contributed by atoms with E-state index in [2.05, 4.69) is 24.8 Å². The Hall–Kier alpha value is -6.56. The van der Waals surface area contributed by atoms with Gasteiger partial charge in [0.05, 0.1) is 29.9 Å². The van der Waals surface area contributed by atoms with Crippen molar-refractivity contribution in [2.75, 3.05) is 32.9 Å². The quantitative estimate of drug-likeness (QED) is 0.0313. The van der Waals surface area contributed by atoms with Gasteiger partial charge in [0.15, 0.2) is 11.5 Å². The number of amides is 1. The number of aliphatic hydroxyl groups excluding tert-OH is 2. The zero-order valence-electron chi connectivity index (χ0n) is 39.4. The smallest absolute Gasteiger partial charge is 0.254 e. The van der Waals surface area contributed by atoms with E-state index in [1.54, 1.807) is 42.1 Å². The molecule has 362 valence electrons. The van der Waals surface area contributed by atoms with Crippen molar-refractivity contribution < 1.29 is 43.5 Å². The maximum atomic E-state index is 15.6. The minimum Gasteiger partial charge on any atom is -0.459 e. The summed E-state index contributed by atoms with van der Waals surface area (Å²) in [5, 5.41) is 34.9. The van der Waals surface area contributed by atoms with Gasteiger partial charge in [-0.3, -0.25) is 4.79 Å². The first-order valence-corrected chi connectivity index (χ1v) is 25.3. The van der Waals surface area contributed by atoms with Gasteiger partial charge in [-0.15, -0.1) is 18.3 Å². The standard InChI is InChI=1S/C57H59N3O9S/c1-3-29-66-57-53(60(56(63)41-18-15-38(34-58)16-19-41)35-40-17-25-51-52(30-40)65-37-64-51)33-49(59-67-36-39-11-5-4-6-12-39)47-31-42(13-7-9-27-61)46(14-8-10-28-62)54(55(47)57)48-32-44(22-26-50(48)69-57)68-43-20-23-45(70-2)24-21-43/h3-6,11-12,15-26,30-32,42,46,53-55,61-62H,1,7-10,13-14,27-29,33,35-37H2,2H3. The number of rotatable bonds is 21. The topological polar surface area (TPSA) is 152 Å². The van der Waals surface area contributed by atoms with E-state index in [-0.39, 0.29) is 69.8 Å². The number of allylic oxidation sites excluding steroid dienone is 1. The molecule has 0 aromatic heterocycles. The van der Waals surface area contributed by atoms with Crippen LogP contribution in [0.1, 0.15) is 83.5 Å². The molecule has 13 heteroatoms. The first-order chi connectivity index (χ1) is 34.4. The molecular formula is C57H59N3O9S. The number of oxime groups is 1. The monoisotopic (exact) mass is 961 g/mol. The highest BCUT2D eigenvalue weighted by Gasteiger charge is 2.65. The molecule has 6 unspecified atom stereocenters. The molecule has 0 radical (unpaired) electrons. The van der Waals surface area contributed by atoms with Crippen molar-refractivity contribution in [3.05, 3.63) is 167 Å². The minimum atomic E-state index is -1.52. The molecule has 5 aromatic rings. The molecule has 2 aliphatic heterocycles. The first kappa shape index (κ1) is 48.5. The predicted molar refractivity (Wildman–Crippen MR) is 268 cm³/mol. The molecule has 0 bridgehead atoms. The van der Waals surface area contributed by atoms with Crippen LogP contribution >= 0.6 is 11.8 Å². The Kier molecular flexibility index (Phi) is 15.6. The highest BCUT2D eigenvalue weighted by atomic mass is 32.2. The summed E-state index contributed by atoms with van der Waals surface area (Å²) < 4.78 is 32.9. The number of hydrogen-bond donors (Lipinski definition) is 2. The number of nitrogens with zero attached hydrogens (tertiary/aromatic N) is 3. The average molecular weight is 962 g/mol. The predicted octanol–water partition coefficient (Wildman–Crippen LogP) is 11.0. The van der Waals surface area contributed by atoms with Crippen LogP contribution < -0.4 is 18.9 Å². The number of carbonyl (C=O) groups excluding carboxylic acids is 1. The molecule has 6 atom stereocenters. The van der Waals surface area contributed by atoms with E-state index in [0.29, 0.717) is 58.4 Å². The van der Waals surface area contributed by atoms with Crippen LogP contribution in [-0.2, 0) is 22.7 Å². The van der Waals surface area contributed by atoms with Crippen LogP contribution in [0.25, 0.3) is 0 Å². The molecule has 1 amide bonds. The summed E-state index contributed by atoms with van der Waals surface area (Å²) in [4.78, 5) is 24.8. The molecule has 2 heterocycles. The normalized spacial score (nSPS) is 22.2. The van der Waals surface area contributed by atoms with Crippen LogP contribution in [0.15, 0.2) is 150 Å². The van der Waals surface area contributed by atoms with E-state index in [4.69, 9.17) is 33.7 Å². The van der Waals surface area contributed by atoms with Crippen LogP contribution in [0.3, 0.4) is 0 Å². The van der Waals surface area contributed by atoms with Crippen LogP contribution in [0.4, 0.5) is 0 Å². The van der Waals surface area contributed by atoms with Gasteiger partial charge in [0.1, 0.15) is 29.9 Å². The molecular weight excluding hydrogens is 903 g/mol. The third kappa shape index (κ3) is 10.3. The van der Waals surface area contributed by atoms with Crippen molar-refractivity contribution in [1.29, 1.82) is 5.26 Å². The number of ether oxygens (including phenoxy) is 5. The number of fused-ring (bicyclic) bond motifs is 3. The minimum absolute atomic E-state index is 0.00577. The van der Waals surface area contributed by atoms with Gasteiger partial charge >= 0.3 is 0 Å². The summed E-state index contributed by atoms with van der Waals surface area (Å²) in [6.45, 7) is 4.80. The van der Waals surface area contributed by atoms with E-state index in [0.717, 1.165) is 52.8 Å². The van der Waals surface area contributed by atoms with Crippen molar-refractivity contribution >= 4 is 23.4 Å². The molecule has 1 saturated carbocycles. The van der Waals surface area contributed by atoms with Crippen LogP contribution in [0, 0.1) is 29.1 Å². The Balaban J connectivity index is 1.26. The van der Waals surface area contributed by atoms with E-state index in [1.165, 1.54) is 0 Å². The van der Waals surface area contributed by atoms with Gasteiger partial charge in [0.2, 0.25) is 12.6 Å². The Labute approximate surface area is 414 Å². The van der Waals surface area contributed by atoms with Crippen molar-refractivity contribution in [3.63, 3.8) is 0 Å². The largest absolute Gasteiger partial charge is 0.459 e. The summed E-state index contributed by atoms with van der Waals surface area (Å²) in [7, 11) is 0. The van der Waals surface area contributed by atoms with Crippen molar-refractivity contribution in [3.8, 4) is 34.8 Å². The maximum absolute atomic E-state index is 15.6. The molecule has 12 nitrogen and oxygen atoms in total. The van der Waals surface area contributed by atoms with E-state index in [1.807, 2.05) is 96.1 Å². The summed E-state index contributed by atoms with van der Waals surface area (Å²) in [5.74, 6) is 0.566. The SMILES string of the molecule is C=CCOC12Oc3ccc(Oc4ccc(SC)cc4)cc3C3C(CCCCO)C(CCCCO)C=C(C(=NOCc4ccccc4)CC1N(Cc1ccc4c(c1)OCO4)C(=O)c1ccc(C#N)cc1)C32. The van der Waals surface area contributed by atoms with Gasteiger partial charge in [0.25, 0.3) is 5.91 Å². The van der Waals surface area contributed by atoms with Crippen LogP contribution in [0.5, 0.6) is 28.7 Å². The van der Waals surface area contributed by atoms with Crippen molar-refractivity contribution in [2.24, 2.45) is 22.9 Å². The molecule has 0 spiro atoms. The zero-order chi connectivity index (χ0) is 48.5. The fraction of sp³-hybridized carbons (Fsp3) is 0.351. The third-order valence-corrected chi connectivity index (χ3v) is 14.6. The van der Waals surface area contributed by atoms with Crippen molar-refractivity contribution in [1.82, 2.24) is 4.90 Å². The maximum Gasteiger partial charge on any atom is 0.254 e. The highest BCUT2D eigenvalue weighted by Crippen LogP contribution is 2.62. The van der Waals surface area contributed by atoms with Crippen molar-refractivity contribution in [2.45, 2.75) is 80.7 Å². The molecule has 1 fully saturated rings. The number of benzene rings is 5. The van der Waals surface area contributed by atoms with Gasteiger partial charge in [-0.1, -0.05) is 66.5 Å². The van der Waals surface area contributed by atoms with E-state index < -0.39 is 17.7 Å². The molecule has 2 aliphatic carbocycles. The molecule has 0 saturated heterocycles. The fourth-order valence-electron chi connectivity index (χ4n) is 10.7. The Bertz CT molecular complexity index is 2720. The molecule has 9 rings (SSSR count). The second kappa shape index (κ2) is 22.5. The number of nitriles is 1. The number of unbranched alkanes of at least 4 members (excludes halogenated alkanes) is 2. The number of hydrogen-bond acceptors (Lipinski definition) is 12. The van der Waals surface area contributed by atoms with Crippen LogP contribution in [-0.4, -0.2) is 71.4 Å². The lowest BCUT2D eigenvalue weighted by atomic mass is 9.55. The Morgan fingerprint density at radius 1 is 0.886 bits per heavy atom. The summed E-state index contributed by atoms with van der Waals surface area (Å²) in [6.07, 6.45) is 10.7. The van der Waals surface area contributed by atoms with E-state index in [9.17, 15) is 15.5 Å². The number of aliphatic hydroxyl groups is 2. The summed E-state index contributed by atoms with van der Waals surface area (Å²) >= 11 is 1.67. The summed E-state index contributed by atoms with van der Waals surface area (Å²) in [5.41, 5.74) is 5.10. The second-order valence-corrected chi connectivity index (χ2v) is 19.0. The lowest BCUT2D eigenvalue weighted by molar-refractivity contribution is -0.255. The number of thioether (sulfide) groups is 1. The fourth-order valence-corrected chi connectivity index (χ4v) is 11.1. The lowest BCUT2D eigenvalue weighted by Gasteiger charge is -2.60. The lowest BCUT2D eigenvalue weighted by Crippen LogP contribution is -2.70. The second-order valence-electron chi connectivity index (χ2n) is 18.1. The van der Waals surface area contributed by atoms with Crippen LogP contribution in [0.2, 0.25) is 0 Å². The third-order valence-electron chi connectivity index (χ3n) is 13.9. The highest BCUT2D eigenvalue weighted by molar-refractivity contribution is 7.98. The number of carbonyl (C=O) groups is 1. The molecule has 70 heavy (non-hydrogen) atoms. The van der Waals surface area contributed by atoms with Gasteiger partial charge in [-0.05, 0) is 139 Å². The zero-order valence-corrected chi connectivity index (χ0v) is 40.2. The van der Waals surface area contributed by atoms with Gasteiger partial charge in [-0.2, -0.15) is 5.26 Å². The van der Waals surface area contributed by atoms with Gasteiger partial charge in [-0.25, -0.2) is 0 Å². The first-order valence-electron chi connectivity index (χ1n) is 24.1. The Morgan fingerprint density at radius 2 is 1.63 bits per heavy atom.